The van der Waals surface area contributed by atoms with Crippen molar-refractivity contribution < 1.29 is 18.4 Å². The first-order valence-corrected chi connectivity index (χ1v) is 7.90. The van der Waals surface area contributed by atoms with E-state index < -0.39 is 0 Å². The van der Waals surface area contributed by atoms with E-state index in [1.54, 1.807) is 18.0 Å². The van der Waals surface area contributed by atoms with Gasteiger partial charge in [-0.25, -0.2) is 9.18 Å². The van der Waals surface area contributed by atoms with Gasteiger partial charge in [-0.05, 0) is 31.5 Å². The van der Waals surface area contributed by atoms with Gasteiger partial charge in [0.15, 0.2) is 0 Å². The summed E-state index contributed by atoms with van der Waals surface area (Å²) in [6.07, 6.45) is 1.08. The third-order valence-electron chi connectivity index (χ3n) is 4.37. The zero-order chi connectivity index (χ0) is 17.3. The fraction of sp³-hybridized carbons (Fsp3) is 0.412. The second-order valence-electron chi connectivity index (χ2n) is 6.13. The van der Waals surface area contributed by atoms with E-state index in [4.69, 9.17) is 4.42 Å². The molecule has 0 bridgehead atoms. The first-order chi connectivity index (χ1) is 11.4. The number of carbonyl (C=O) groups is 2. The largest absolute Gasteiger partial charge is 0.459 e. The lowest BCUT2D eigenvalue weighted by molar-refractivity contribution is -0.132. The zero-order valence-corrected chi connectivity index (χ0v) is 13.7. The highest BCUT2D eigenvalue weighted by Crippen LogP contribution is 2.25. The van der Waals surface area contributed by atoms with Crippen molar-refractivity contribution in [3.63, 3.8) is 0 Å². The van der Waals surface area contributed by atoms with Gasteiger partial charge in [-0.2, -0.15) is 0 Å². The molecule has 2 heterocycles. The van der Waals surface area contributed by atoms with Crippen LogP contribution in [0.15, 0.2) is 22.6 Å². The second-order valence-corrected chi connectivity index (χ2v) is 6.13. The maximum atomic E-state index is 13.3. The predicted molar refractivity (Wildman–Crippen MR) is 86.9 cm³/mol. The summed E-state index contributed by atoms with van der Waals surface area (Å²) in [6, 6.07) is 3.98. The van der Waals surface area contributed by atoms with Crippen LogP contribution in [0.25, 0.3) is 11.0 Å². The van der Waals surface area contributed by atoms with E-state index in [1.807, 2.05) is 6.92 Å². The van der Waals surface area contributed by atoms with Gasteiger partial charge in [0.2, 0.25) is 5.91 Å². The molecule has 1 aromatic carbocycles. The van der Waals surface area contributed by atoms with Crippen LogP contribution in [0.3, 0.4) is 0 Å². The molecular formula is C17H20FN3O3. The molecule has 0 radical (unpaired) electrons. The highest BCUT2D eigenvalue weighted by atomic mass is 19.1. The molecule has 128 valence electrons. The number of nitrogens with zero attached hydrogens (tertiary/aromatic N) is 1. The number of likely N-dealkylation sites (N-methyl/N-ethyl adjacent to an activating group) is 1. The monoisotopic (exact) mass is 333 g/mol. The third kappa shape index (κ3) is 3.34. The van der Waals surface area contributed by atoms with Crippen LogP contribution < -0.4 is 10.6 Å². The number of nitrogens with one attached hydrogen (secondary N) is 2. The van der Waals surface area contributed by atoms with Gasteiger partial charge in [-0.15, -0.1) is 0 Å². The van der Waals surface area contributed by atoms with Crippen LogP contribution in [0, 0.1) is 12.7 Å². The topological polar surface area (TPSA) is 74.6 Å². The molecule has 1 fully saturated rings. The number of likely N-dealkylation sites (tertiary alicyclic amines) is 1. The minimum absolute atomic E-state index is 0.0569. The summed E-state index contributed by atoms with van der Waals surface area (Å²) in [5.41, 5.74) is 1.41. The summed E-state index contributed by atoms with van der Waals surface area (Å²) in [5.74, 6) is 0.375. The molecule has 3 amide bonds. The molecule has 0 saturated carbocycles. The minimum Gasteiger partial charge on any atom is -0.459 e. The Kier molecular flexibility index (Phi) is 4.42. The molecule has 6 nitrogen and oxygen atoms in total. The predicted octanol–water partition coefficient (Wildman–Crippen LogP) is 2.30. The van der Waals surface area contributed by atoms with E-state index in [1.165, 1.54) is 12.1 Å². The van der Waals surface area contributed by atoms with Crippen LogP contribution in [-0.2, 0) is 11.3 Å². The average Bonchev–Trinajstić information content (AvgIpc) is 2.85. The number of rotatable bonds is 3. The highest BCUT2D eigenvalue weighted by molar-refractivity contribution is 5.82. The molecule has 24 heavy (non-hydrogen) atoms. The summed E-state index contributed by atoms with van der Waals surface area (Å²) >= 11 is 0. The van der Waals surface area contributed by atoms with Gasteiger partial charge in [0.25, 0.3) is 0 Å². The molecule has 1 aromatic heterocycles. The molecule has 7 heteroatoms. The molecule has 2 aromatic rings. The van der Waals surface area contributed by atoms with E-state index in [-0.39, 0.29) is 30.3 Å². The summed E-state index contributed by atoms with van der Waals surface area (Å²) in [6.45, 7) is 2.56. The van der Waals surface area contributed by atoms with Crippen molar-refractivity contribution in [3.05, 3.63) is 35.3 Å². The average molecular weight is 333 g/mol. The van der Waals surface area contributed by atoms with Gasteiger partial charge < -0.3 is 20.0 Å². The van der Waals surface area contributed by atoms with E-state index in [9.17, 15) is 14.0 Å². The molecule has 1 aliphatic heterocycles. The SMILES string of the molecule is Cc1c(CNC(=O)N[C@H]2CCC(=O)N(C)C2)oc2ccc(F)cc12. The number of aryl methyl sites for hydroxylation is 1. The number of urea groups is 1. The lowest BCUT2D eigenvalue weighted by atomic mass is 10.1. The lowest BCUT2D eigenvalue weighted by Crippen LogP contribution is -2.50. The van der Waals surface area contributed by atoms with Crippen LogP contribution in [0.2, 0.25) is 0 Å². The van der Waals surface area contributed by atoms with Crippen LogP contribution in [-0.4, -0.2) is 36.5 Å². The molecule has 2 N–H and O–H groups in total. The number of carbonyl (C=O) groups excluding carboxylic acids is 2. The zero-order valence-electron chi connectivity index (χ0n) is 13.7. The number of hydrogen-bond acceptors (Lipinski definition) is 3. The van der Waals surface area contributed by atoms with Crippen molar-refractivity contribution in [2.24, 2.45) is 0 Å². The van der Waals surface area contributed by atoms with Crippen LogP contribution >= 0.6 is 0 Å². The van der Waals surface area contributed by atoms with Crippen molar-refractivity contribution in [1.82, 2.24) is 15.5 Å². The highest BCUT2D eigenvalue weighted by Gasteiger charge is 2.24. The Labute approximate surface area is 139 Å². The summed E-state index contributed by atoms with van der Waals surface area (Å²) < 4.78 is 19.0. The molecule has 1 atom stereocenters. The third-order valence-corrected chi connectivity index (χ3v) is 4.37. The number of amides is 3. The van der Waals surface area contributed by atoms with Gasteiger partial charge in [0.1, 0.15) is 17.2 Å². The smallest absolute Gasteiger partial charge is 0.315 e. The van der Waals surface area contributed by atoms with Gasteiger partial charge in [-0.1, -0.05) is 0 Å². The standard InChI is InChI=1S/C17H20FN3O3/c1-10-13-7-11(18)3-5-14(13)24-15(10)8-19-17(23)20-12-4-6-16(22)21(2)9-12/h3,5,7,12H,4,6,8-9H2,1-2H3,(H2,19,20,23)/t12-/m0/s1. The van der Waals surface area contributed by atoms with E-state index >= 15 is 0 Å². The van der Waals surface area contributed by atoms with Crippen LogP contribution in [0.1, 0.15) is 24.2 Å². The Bertz CT molecular complexity index is 787. The molecule has 0 spiro atoms. The van der Waals surface area contributed by atoms with Crippen LogP contribution in [0.5, 0.6) is 0 Å². The lowest BCUT2D eigenvalue weighted by Gasteiger charge is -2.30. The number of furan rings is 1. The van der Waals surface area contributed by atoms with Crippen molar-refractivity contribution in [1.29, 1.82) is 0 Å². The van der Waals surface area contributed by atoms with Gasteiger partial charge in [0, 0.05) is 37.0 Å². The number of piperidine rings is 1. The normalized spacial score (nSPS) is 18.0. The maximum Gasteiger partial charge on any atom is 0.315 e. The summed E-state index contributed by atoms with van der Waals surface area (Å²) in [5, 5.41) is 6.31. The minimum atomic E-state index is -0.320. The first kappa shape index (κ1) is 16.3. The molecule has 0 aliphatic carbocycles. The molecule has 1 aliphatic rings. The summed E-state index contributed by atoms with van der Waals surface area (Å²) in [4.78, 5) is 25.1. The van der Waals surface area contributed by atoms with E-state index in [2.05, 4.69) is 10.6 Å². The fourth-order valence-electron chi connectivity index (χ4n) is 2.94. The number of hydrogen-bond donors (Lipinski definition) is 2. The van der Waals surface area contributed by atoms with Crippen molar-refractivity contribution in [3.8, 4) is 0 Å². The summed E-state index contributed by atoms with van der Waals surface area (Å²) in [7, 11) is 1.73. The Morgan fingerprint density at radius 2 is 2.25 bits per heavy atom. The second kappa shape index (κ2) is 6.51. The Morgan fingerprint density at radius 1 is 1.46 bits per heavy atom. The number of halogens is 1. The number of benzene rings is 1. The van der Waals surface area contributed by atoms with Crippen molar-refractivity contribution in [2.45, 2.75) is 32.4 Å². The van der Waals surface area contributed by atoms with Crippen LogP contribution in [0.4, 0.5) is 9.18 Å². The van der Waals surface area contributed by atoms with Gasteiger partial charge >= 0.3 is 6.03 Å². The van der Waals surface area contributed by atoms with E-state index in [0.717, 1.165) is 5.56 Å². The molecule has 1 saturated heterocycles. The van der Waals surface area contributed by atoms with Crippen molar-refractivity contribution in [2.75, 3.05) is 13.6 Å². The maximum absolute atomic E-state index is 13.3. The Morgan fingerprint density at radius 3 is 3.00 bits per heavy atom. The first-order valence-electron chi connectivity index (χ1n) is 7.90. The Balaban J connectivity index is 1.58. The van der Waals surface area contributed by atoms with Gasteiger partial charge in [0.05, 0.1) is 6.54 Å². The fourth-order valence-corrected chi connectivity index (χ4v) is 2.94. The molecular weight excluding hydrogens is 313 g/mol. The molecule has 0 unspecified atom stereocenters. The quantitative estimate of drug-likeness (QED) is 0.905. The van der Waals surface area contributed by atoms with Crippen molar-refractivity contribution >= 4 is 22.9 Å². The van der Waals surface area contributed by atoms with Gasteiger partial charge in [-0.3, -0.25) is 4.79 Å². The van der Waals surface area contributed by atoms with E-state index in [0.29, 0.717) is 36.1 Å². The Hall–Kier alpha value is -2.57. The molecule has 3 rings (SSSR count). The number of fused-ring (bicyclic) bond motifs is 1.